The second-order valence-electron chi connectivity index (χ2n) is 1.98. The highest BCUT2D eigenvalue weighted by atomic mass is 16.4. The van der Waals surface area contributed by atoms with E-state index in [2.05, 4.69) is 0 Å². The molecule has 10 heavy (non-hydrogen) atoms. The van der Waals surface area contributed by atoms with Crippen LogP contribution in [-0.2, 0) is 9.59 Å². The van der Waals surface area contributed by atoms with Gasteiger partial charge in [-0.15, -0.1) is 0 Å². The van der Waals surface area contributed by atoms with Crippen molar-refractivity contribution in [3.63, 3.8) is 0 Å². The van der Waals surface area contributed by atoms with Crippen molar-refractivity contribution in [1.82, 2.24) is 0 Å². The molecule has 0 saturated heterocycles. The maximum Gasteiger partial charge on any atom is 0.304 e. The molecular formula is C5H10N2O3. The second-order valence-corrected chi connectivity index (χ2v) is 1.98. The number of aldehydes is 1. The Kier molecular flexibility index (Phi) is 3.60. The fourth-order valence-electron chi connectivity index (χ4n) is 0.439. The number of rotatable bonds is 4. The molecular weight excluding hydrogens is 136 g/mol. The summed E-state index contributed by atoms with van der Waals surface area (Å²) in [5, 5.41) is 8.18. The predicted octanol–water partition coefficient (Wildman–Crippen LogP) is -1.69. The van der Waals surface area contributed by atoms with Crippen LogP contribution in [0.5, 0.6) is 0 Å². The minimum atomic E-state index is -1.05. The zero-order valence-corrected chi connectivity index (χ0v) is 5.36. The summed E-state index contributed by atoms with van der Waals surface area (Å²) in [4.78, 5) is 19.9. The molecule has 0 rings (SSSR count). The second kappa shape index (κ2) is 3.97. The average Bonchev–Trinajstić information content (AvgIpc) is 1.85. The Balaban J connectivity index is 3.71. The summed E-state index contributed by atoms with van der Waals surface area (Å²) in [6.45, 7) is 0. The number of nitrogens with two attached hydrogens (primary N) is 2. The highest BCUT2D eigenvalue weighted by Gasteiger charge is 2.14. The van der Waals surface area contributed by atoms with E-state index in [0.717, 1.165) is 0 Å². The van der Waals surface area contributed by atoms with E-state index in [9.17, 15) is 9.59 Å². The van der Waals surface area contributed by atoms with Crippen molar-refractivity contribution in [2.24, 2.45) is 11.5 Å². The summed E-state index contributed by atoms with van der Waals surface area (Å²) in [5.41, 5.74) is 10.3. The van der Waals surface area contributed by atoms with Gasteiger partial charge in [0.1, 0.15) is 6.29 Å². The molecule has 0 bridgehead atoms. The Morgan fingerprint density at radius 2 is 2.10 bits per heavy atom. The van der Waals surface area contributed by atoms with E-state index in [-0.39, 0.29) is 6.42 Å². The molecule has 5 nitrogen and oxygen atoms in total. The maximum atomic E-state index is 9.98. The van der Waals surface area contributed by atoms with Crippen LogP contribution in [0.1, 0.15) is 6.42 Å². The number of hydrogen-bond donors (Lipinski definition) is 3. The average molecular weight is 146 g/mol. The first-order chi connectivity index (χ1) is 4.57. The van der Waals surface area contributed by atoms with E-state index >= 15 is 0 Å². The van der Waals surface area contributed by atoms with Gasteiger partial charge in [-0.2, -0.15) is 0 Å². The fourth-order valence-corrected chi connectivity index (χ4v) is 0.439. The van der Waals surface area contributed by atoms with Crippen LogP contribution in [0, 0.1) is 0 Å². The Morgan fingerprint density at radius 1 is 1.60 bits per heavy atom. The smallest absolute Gasteiger partial charge is 0.304 e. The van der Waals surface area contributed by atoms with Crippen LogP contribution in [-0.4, -0.2) is 29.4 Å². The van der Waals surface area contributed by atoms with Crippen LogP contribution in [0.2, 0.25) is 0 Å². The molecule has 1 unspecified atom stereocenters. The van der Waals surface area contributed by atoms with Crippen molar-refractivity contribution in [1.29, 1.82) is 0 Å². The molecule has 58 valence electrons. The van der Waals surface area contributed by atoms with Crippen molar-refractivity contribution >= 4 is 12.3 Å². The summed E-state index contributed by atoms with van der Waals surface area (Å²) in [5.74, 6) is -1.05. The summed E-state index contributed by atoms with van der Waals surface area (Å²) < 4.78 is 0. The lowest BCUT2D eigenvalue weighted by Gasteiger charge is -2.10. The summed E-state index contributed by atoms with van der Waals surface area (Å²) in [6.07, 6.45) is 0.160. The molecule has 5 heteroatoms. The van der Waals surface area contributed by atoms with Crippen LogP contribution in [0.25, 0.3) is 0 Å². The van der Waals surface area contributed by atoms with Crippen LogP contribution in [0.4, 0.5) is 0 Å². The standard InChI is InChI=1S/C5H10N2O3/c6-3(1-5(9)10)4(7)2-8/h2-4H,1,6-7H2,(H,9,10)/t3?,4-/m1/s1. The number of hydrogen-bond acceptors (Lipinski definition) is 4. The molecule has 0 aliphatic rings. The van der Waals surface area contributed by atoms with Gasteiger partial charge in [0, 0.05) is 6.04 Å². The quantitative estimate of drug-likeness (QED) is 0.410. The zero-order valence-electron chi connectivity index (χ0n) is 5.36. The third-order valence-corrected chi connectivity index (χ3v) is 1.06. The van der Waals surface area contributed by atoms with Gasteiger partial charge < -0.3 is 21.4 Å². The SMILES string of the molecule is NC(CC(=O)O)[C@H](N)C=O. The molecule has 0 saturated carbocycles. The van der Waals surface area contributed by atoms with Crippen LogP contribution in [0.3, 0.4) is 0 Å². The minimum absolute atomic E-state index is 0.278. The summed E-state index contributed by atoms with van der Waals surface area (Å²) in [7, 11) is 0. The first kappa shape index (κ1) is 9.06. The van der Waals surface area contributed by atoms with E-state index in [0.29, 0.717) is 6.29 Å². The first-order valence-electron chi connectivity index (χ1n) is 2.76. The highest BCUT2D eigenvalue weighted by molar-refractivity contribution is 5.69. The molecule has 5 N–H and O–H groups in total. The number of carboxylic acids is 1. The number of carboxylic acid groups (broad SMARTS) is 1. The monoisotopic (exact) mass is 146 g/mol. The molecule has 0 amide bonds. The van der Waals surface area contributed by atoms with Crippen molar-refractivity contribution < 1.29 is 14.7 Å². The van der Waals surface area contributed by atoms with Crippen LogP contribution >= 0.6 is 0 Å². The molecule has 0 radical (unpaired) electrons. The largest absolute Gasteiger partial charge is 0.481 e. The minimum Gasteiger partial charge on any atom is -0.481 e. The molecule has 0 aromatic heterocycles. The topological polar surface area (TPSA) is 106 Å². The van der Waals surface area contributed by atoms with E-state index in [1.807, 2.05) is 0 Å². The van der Waals surface area contributed by atoms with Gasteiger partial charge in [-0.3, -0.25) is 4.79 Å². The van der Waals surface area contributed by atoms with Gasteiger partial charge in [-0.1, -0.05) is 0 Å². The molecule has 0 aliphatic heterocycles. The maximum absolute atomic E-state index is 9.98. The third-order valence-electron chi connectivity index (χ3n) is 1.06. The van der Waals surface area contributed by atoms with E-state index < -0.39 is 18.1 Å². The van der Waals surface area contributed by atoms with Gasteiger partial charge in [-0.05, 0) is 0 Å². The fraction of sp³-hybridized carbons (Fsp3) is 0.600. The molecule has 2 atom stereocenters. The van der Waals surface area contributed by atoms with Crippen molar-refractivity contribution in [2.75, 3.05) is 0 Å². The number of aliphatic carboxylic acids is 1. The van der Waals surface area contributed by atoms with Gasteiger partial charge in [0.2, 0.25) is 0 Å². The van der Waals surface area contributed by atoms with Crippen molar-refractivity contribution in [2.45, 2.75) is 18.5 Å². The first-order valence-corrected chi connectivity index (χ1v) is 2.76. The lowest BCUT2D eigenvalue weighted by atomic mass is 10.1. The summed E-state index contributed by atoms with van der Waals surface area (Å²) >= 11 is 0. The Morgan fingerprint density at radius 3 is 2.40 bits per heavy atom. The van der Waals surface area contributed by atoms with E-state index in [1.165, 1.54) is 0 Å². The third kappa shape index (κ3) is 3.16. The molecule has 0 spiro atoms. The Labute approximate surface area is 58.0 Å². The van der Waals surface area contributed by atoms with Gasteiger partial charge >= 0.3 is 5.97 Å². The van der Waals surface area contributed by atoms with E-state index in [1.54, 1.807) is 0 Å². The number of carbonyl (C=O) groups is 2. The lowest BCUT2D eigenvalue weighted by molar-refractivity contribution is -0.137. The predicted molar refractivity (Wildman–Crippen MR) is 34.3 cm³/mol. The van der Waals surface area contributed by atoms with Crippen LogP contribution < -0.4 is 11.5 Å². The van der Waals surface area contributed by atoms with Gasteiger partial charge in [0.05, 0.1) is 12.5 Å². The lowest BCUT2D eigenvalue weighted by Crippen LogP contribution is -2.43. The number of carbonyl (C=O) groups excluding carboxylic acids is 1. The molecule has 0 aromatic carbocycles. The molecule has 0 aliphatic carbocycles. The Bertz CT molecular complexity index is 137. The zero-order chi connectivity index (χ0) is 8.15. The Hall–Kier alpha value is -0.940. The van der Waals surface area contributed by atoms with Gasteiger partial charge in [-0.25, -0.2) is 0 Å². The van der Waals surface area contributed by atoms with Gasteiger partial charge in [0.15, 0.2) is 0 Å². The van der Waals surface area contributed by atoms with Crippen molar-refractivity contribution in [3.05, 3.63) is 0 Å². The summed E-state index contributed by atoms with van der Waals surface area (Å²) in [6, 6.07) is -1.66. The molecule has 0 aromatic rings. The normalized spacial score (nSPS) is 15.8. The van der Waals surface area contributed by atoms with Crippen LogP contribution in [0.15, 0.2) is 0 Å². The molecule has 0 heterocycles. The highest BCUT2D eigenvalue weighted by Crippen LogP contribution is 1.89. The van der Waals surface area contributed by atoms with Gasteiger partial charge in [0.25, 0.3) is 0 Å². The van der Waals surface area contributed by atoms with E-state index in [4.69, 9.17) is 16.6 Å². The van der Waals surface area contributed by atoms with Crippen molar-refractivity contribution in [3.8, 4) is 0 Å². The molecule has 0 fully saturated rings.